The lowest BCUT2D eigenvalue weighted by Gasteiger charge is -2.18. The monoisotopic (exact) mass is 327 g/mol. The molecule has 3 rings (SSSR count). The van der Waals surface area contributed by atoms with E-state index in [1.165, 1.54) is 6.08 Å². The number of carbonyl (C=O) groups excluding carboxylic acids is 1. The Morgan fingerprint density at radius 1 is 1.29 bits per heavy atom. The summed E-state index contributed by atoms with van der Waals surface area (Å²) in [5.74, 6) is 1.33. The summed E-state index contributed by atoms with van der Waals surface area (Å²) in [6.45, 7) is 5.47. The number of benzene rings is 1. The minimum absolute atomic E-state index is 0.146. The van der Waals surface area contributed by atoms with Crippen LogP contribution in [0.5, 0.6) is 11.5 Å². The van der Waals surface area contributed by atoms with E-state index in [9.17, 15) is 4.79 Å². The van der Waals surface area contributed by atoms with Crippen molar-refractivity contribution in [2.45, 2.75) is 20.4 Å². The van der Waals surface area contributed by atoms with E-state index in [2.05, 4.69) is 10.4 Å². The summed E-state index contributed by atoms with van der Waals surface area (Å²) in [6.07, 6.45) is 3.34. The molecule has 0 saturated heterocycles. The molecule has 0 aliphatic carbocycles. The van der Waals surface area contributed by atoms with Gasteiger partial charge in [0.05, 0.1) is 5.69 Å². The summed E-state index contributed by atoms with van der Waals surface area (Å²) in [6, 6.07) is 5.69. The van der Waals surface area contributed by atoms with E-state index in [-0.39, 0.29) is 5.91 Å². The normalized spacial score (nSPS) is 13.3. The molecule has 0 atom stereocenters. The summed E-state index contributed by atoms with van der Waals surface area (Å²) >= 11 is 0. The first-order valence-electron chi connectivity index (χ1n) is 7.89. The van der Waals surface area contributed by atoms with Crippen LogP contribution >= 0.6 is 0 Å². The highest BCUT2D eigenvalue weighted by atomic mass is 16.6. The molecular weight excluding hydrogens is 306 g/mol. The van der Waals surface area contributed by atoms with Crippen LogP contribution in [0.3, 0.4) is 0 Å². The maximum absolute atomic E-state index is 12.0. The first-order chi connectivity index (χ1) is 11.5. The van der Waals surface area contributed by atoms with Crippen molar-refractivity contribution >= 4 is 12.0 Å². The molecule has 0 bridgehead atoms. The van der Waals surface area contributed by atoms with Crippen LogP contribution < -0.4 is 14.8 Å². The minimum atomic E-state index is -0.146. The van der Waals surface area contributed by atoms with E-state index >= 15 is 0 Å². The zero-order chi connectivity index (χ0) is 17.1. The Bertz CT molecular complexity index is 793. The predicted molar refractivity (Wildman–Crippen MR) is 91.0 cm³/mol. The van der Waals surface area contributed by atoms with Gasteiger partial charge in [-0.15, -0.1) is 0 Å². The number of nitrogens with zero attached hydrogens (tertiary/aromatic N) is 2. The second-order valence-corrected chi connectivity index (χ2v) is 5.74. The number of hydrogen-bond donors (Lipinski definition) is 1. The molecule has 1 aromatic heterocycles. The van der Waals surface area contributed by atoms with Gasteiger partial charge < -0.3 is 14.8 Å². The molecule has 1 aliphatic rings. The van der Waals surface area contributed by atoms with Crippen LogP contribution in [0.1, 0.15) is 22.5 Å². The standard InChI is InChI=1S/C18H21N3O3/c1-12-15(13(2)21(3)20-12)5-7-18(22)19-11-14-4-6-16-17(10-14)24-9-8-23-16/h4-7,10H,8-9,11H2,1-3H3,(H,19,22)/b7-5+. The van der Waals surface area contributed by atoms with Crippen molar-refractivity contribution in [1.82, 2.24) is 15.1 Å². The Labute approximate surface area is 141 Å². The largest absolute Gasteiger partial charge is 0.486 e. The number of aryl methyl sites for hydroxylation is 2. The molecular formula is C18H21N3O3. The Hall–Kier alpha value is -2.76. The van der Waals surface area contributed by atoms with Crippen LogP contribution in [-0.2, 0) is 18.4 Å². The molecule has 2 heterocycles. The molecule has 0 fully saturated rings. The molecule has 0 radical (unpaired) electrons. The Kier molecular flexibility index (Phi) is 4.55. The molecule has 6 nitrogen and oxygen atoms in total. The molecule has 1 aliphatic heterocycles. The van der Waals surface area contributed by atoms with Crippen LogP contribution in [0.4, 0.5) is 0 Å². The molecule has 126 valence electrons. The van der Waals surface area contributed by atoms with Crippen molar-refractivity contribution in [3.05, 3.63) is 46.8 Å². The lowest BCUT2D eigenvalue weighted by Crippen LogP contribution is -2.21. The fourth-order valence-electron chi connectivity index (χ4n) is 2.64. The highest BCUT2D eigenvalue weighted by Crippen LogP contribution is 2.30. The van der Waals surface area contributed by atoms with Gasteiger partial charge in [0.1, 0.15) is 13.2 Å². The highest BCUT2D eigenvalue weighted by molar-refractivity contribution is 5.91. The number of nitrogens with one attached hydrogen (secondary N) is 1. The lowest BCUT2D eigenvalue weighted by atomic mass is 10.1. The maximum Gasteiger partial charge on any atom is 0.244 e. The Morgan fingerprint density at radius 3 is 2.75 bits per heavy atom. The van der Waals surface area contributed by atoms with E-state index in [0.29, 0.717) is 19.8 Å². The van der Waals surface area contributed by atoms with Gasteiger partial charge in [-0.1, -0.05) is 6.07 Å². The highest BCUT2D eigenvalue weighted by Gasteiger charge is 2.12. The quantitative estimate of drug-likeness (QED) is 0.874. The number of rotatable bonds is 4. The van der Waals surface area contributed by atoms with E-state index in [4.69, 9.17) is 9.47 Å². The van der Waals surface area contributed by atoms with E-state index in [0.717, 1.165) is 34.0 Å². The van der Waals surface area contributed by atoms with Crippen LogP contribution in [0.2, 0.25) is 0 Å². The van der Waals surface area contributed by atoms with Crippen LogP contribution in [0, 0.1) is 13.8 Å². The lowest BCUT2D eigenvalue weighted by molar-refractivity contribution is -0.116. The van der Waals surface area contributed by atoms with E-state index in [1.807, 2.05) is 43.8 Å². The SMILES string of the molecule is Cc1nn(C)c(C)c1/C=C/C(=O)NCc1ccc2c(c1)OCCO2. The molecule has 1 N–H and O–H groups in total. The predicted octanol–water partition coefficient (Wildman–Crippen LogP) is 2.14. The summed E-state index contributed by atoms with van der Waals surface area (Å²) < 4.78 is 12.8. The van der Waals surface area contributed by atoms with Crippen LogP contribution in [-0.4, -0.2) is 28.9 Å². The molecule has 1 aromatic carbocycles. The van der Waals surface area contributed by atoms with Crippen molar-refractivity contribution < 1.29 is 14.3 Å². The fourth-order valence-corrected chi connectivity index (χ4v) is 2.64. The third kappa shape index (κ3) is 3.42. The fraction of sp³-hybridized carbons (Fsp3) is 0.333. The topological polar surface area (TPSA) is 65.4 Å². The third-order valence-corrected chi connectivity index (χ3v) is 4.04. The van der Waals surface area contributed by atoms with Crippen LogP contribution in [0.15, 0.2) is 24.3 Å². The van der Waals surface area contributed by atoms with Gasteiger partial charge in [-0.3, -0.25) is 9.48 Å². The first kappa shape index (κ1) is 16.1. The number of fused-ring (bicyclic) bond motifs is 1. The first-order valence-corrected chi connectivity index (χ1v) is 7.89. The van der Waals surface area contributed by atoms with Gasteiger partial charge >= 0.3 is 0 Å². The van der Waals surface area contributed by atoms with Gasteiger partial charge in [0.2, 0.25) is 5.91 Å². The Morgan fingerprint density at radius 2 is 2.04 bits per heavy atom. The molecule has 0 saturated carbocycles. The summed E-state index contributed by atoms with van der Waals surface area (Å²) in [5, 5.41) is 7.20. The van der Waals surface area contributed by atoms with Crippen molar-refractivity contribution in [2.75, 3.05) is 13.2 Å². The van der Waals surface area contributed by atoms with Crippen molar-refractivity contribution in [3.63, 3.8) is 0 Å². The molecule has 0 spiro atoms. The van der Waals surface area contributed by atoms with Gasteiger partial charge in [0.25, 0.3) is 0 Å². The van der Waals surface area contributed by atoms with E-state index in [1.54, 1.807) is 6.08 Å². The summed E-state index contributed by atoms with van der Waals surface area (Å²) in [7, 11) is 1.89. The molecule has 0 unspecified atom stereocenters. The number of ether oxygens (including phenoxy) is 2. The smallest absolute Gasteiger partial charge is 0.244 e. The van der Waals surface area contributed by atoms with Gasteiger partial charge in [0.15, 0.2) is 11.5 Å². The van der Waals surface area contributed by atoms with Crippen molar-refractivity contribution in [2.24, 2.45) is 7.05 Å². The Balaban J connectivity index is 1.60. The number of amides is 1. The van der Waals surface area contributed by atoms with Gasteiger partial charge in [-0.05, 0) is 37.6 Å². The summed E-state index contributed by atoms with van der Waals surface area (Å²) in [5.41, 5.74) is 3.89. The van der Waals surface area contributed by atoms with Gasteiger partial charge in [-0.2, -0.15) is 5.10 Å². The number of aromatic nitrogens is 2. The molecule has 24 heavy (non-hydrogen) atoms. The number of carbonyl (C=O) groups is 1. The van der Waals surface area contributed by atoms with Crippen molar-refractivity contribution in [3.8, 4) is 11.5 Å². The number of hydrogen-bond acceptors (Lipinski definition) is 4. The molecule has 1 amide bonds. The average Bonchev–Trinajstić information content (AvgIpc) is 2.83. The van der Waals surface area contributed by atoms with E-state index < -0.39 is 0 Å². The van der Waals surface area contributed by atoms with Gasteiger partial charge in [-0.25, -0.2) is 0 Å². The maximum atomic E-state index is 12.0. The van der Waals surface area contributed by atoms with Crippen LogP contribution in [0.25, 0.3) is 6.08 Å². The van der Waals surface area contributed by atoms with Gasteiger partial charge in [0, 0.05) is 30.9 Å². The minimum Gasteiger partial charge on any atom is -0.486 e. The summed E-state index contributed by atoms with van der Waals surface area (Å²) in [4.78, 5) is 12.0. The molecule has 6 heteroatoms. The van der Waals surface area contributed by atoms with Crippen molar-refractivity contribution in [1.29, 1.82) is 0 Å². The zero-order valence-corrected chi connectivity index (χ0v) is 14.1. The average molecular weight is 327 g/mol. The second-order valence-electron chi connectivity index (χ2n) is 5.74. The second kappa shape index (κ2) is 6.78. The molecule has 2 aromatic rings. The third-order valence-electron chi connectivity index (χ3n) is 4.04. The zero-order valence-electron chi connectivity index (χ0n) is 14.1.